The molecule has 0 fully saturated rings. The Kier molecular flexibility index (Phi) is 5.71. The fourth-order valence-corrected chi connectivity index (χ4v) is 1.78. The number of carbonyl (C=O) groups excluding carboxylic acids is 2. The van der Waals surface area contributed by atoms with Crippen molar-refractivity contribution >= 4 is 23.5 Å². The van der Waals surface area contributed by atoms with E-state index in [1.54, 1.807) is 30.8 Å². The van der Waals surface area contributed by atoms with Gasteiger partial charge in [-0.15, -0.1) is 0 Å². The summed E-state index contributed by atoms with van der Waals surface area (Å²) in [6.07, 6.45) is 2.35. The molecule has 1 aromatic carbocycles. The third-order valence-electron chi connectivity index (χ3n) is 2.50. The van der Waals surface area contributed by atoms with Gasteiger partial charge in [0, 0.05) is 17.7 Å². The van der Waals surface area contributed by atoms with Gasteiger partial charge in [-0.05, 0) is 36.9 Å². The van der Waals surface area contributed by atoms with Crippen LogP contribution in [0.5, 0.6) is 5.75 Å². The maximum atomic E-state index is 11.8. The van der Waals surface area contributed by atoms with Crippen LogP contribution in [-0.2, 0) is 4.79 Å². The first-order valence-corrected chi connectivity index (χ1v) is 7.02. The van der Waals surface area contributed by atoms with Crippen LogP contribution in [0.4, 0.5) is 0 Å². The number of thioether (sulfide) groups is 1. The Bertz CT molecular complexity index is 446. The zero-order valence-electron chi connectivity index (χ0n) is 10.5. The number of amides is 1. The molecule has 0 saturated heterocycles. The lowest BCUT2D eigenvalue weighted by atomic mass is 10.1. The van der Waals surface area contributed by atoms with Crippen LogP contribution >= 0.6 is 11.8 Å². The third-order valence-corrected chi connectivity index (χ3v) is 3.11. The number of benzene rings is 1. The lowest BCUT2D eigenvalue weighted by Crippen LogP contribution is -2.29. The van der Waals surface area contributed by atoms with Crippen molar-refractivity contribution in [2.45, 2.75) is 13.3 Å². The molecule has 1 rings (SSSR count). The minimum absolute atomic E-state index is 0.00255. The molecule has 5 heteroatoms. The fraction of sp³-hybridized carbons (Fsp3) is 0.385. The summed E-state index contributed by atoms with van der Waals surface area (Å²) in [4.78, 5) is 23.1. The lowest BCUT2D eigenvalue weighted by molar-refractivity contribution is -0.120. The first kappa shape index (κ1) is 14.6. The first-order chi connectivity index (χ1) is 8.54. The summed E-state index contributed by atoms with van der Waals surface area (Å²) in [5.41, 5.74) is 1.14. The summed E-state index contributed by atoms with van der Waals surface area (Å²) < 4.78 is 0. The number of carbonyl (C=O) groups is 2. The van der Waals surface area contributed by atoms with Gasteiger partial charge in [0.25, 0.3) is 0 Å². The highest BCUT2D eigenvalue weighted by Crippen LogP contribution is 2.17. The molecule has 1 aromatic rings. The molecule has 0 unspecified atom stereocenters. The molecule has 0 heterocycles. The topological polar surface area (TPSA) is 66.4 Å². The largest absolute Gasteiger partial charge is 0.508 e. The van der Waals surface area contributed by atoms with E-state index in [4.69, 9.17) is 0 Å². The van der Waals surface area contributed by atoms with Crippen molar-refractivity contribution in [3.63, 3.8) is 0 Å². The molecule has 0 radical (unpaired) electrons. The SMILES string of the molecule is CSCCC(=O)NCC(=O)c1ccc(O)c(C)c1. The fourth-order valence-electron chi connectivity index (χ4n) is 1.39. The molecule has 0 aliphatic rings. The predicted octanol–water partition coefficient (Wildman–Crippen LogP) is 1.75. The first-order valence-electron chi connectivity index (χ1n) is 5.63. The molecular weight excluding hydrogens is 250 g/mol. The van der Waals surface area contributed by atoms with E-state index in [2.05, 4.69) is 5.32 Å². The Balaban J connectivity index is 2.50. The van der Waals surface area contributed by atoms with Crippen LogP contribution in [0.25, 0.3) is 0 Å². The predicted molar refractivity (Wildman–Crippen MR) is 73.2 cm³/mol. The molecule has 4 nitrogen and oxygen atoms in total. The van der Waals surface area contributed by atoms with Crippen molar-refractivity contribution < 1.29 is 14.7 Å². The van der Waals surface area contributed by atoms with E-state index in [0.29, 0.717) is 17.5 Å². The molecule has 0 saturated carbocycles. The van der Waals surface area contributed by atoms with Crippen LogP contribution in [-0.4, -0.2) is 35.4 Å². The number of aromatic hydroxyl groups is 1. The average molecular weight is 267 g/mol. The van der Waals surface area contributed by atoms with Gasteiger partial charge in [-0.1, -0.05) is 0 Å². The summed E-state index contributed by atoms with van der Waals surface area (Å²) in [6.45, 7) is 1.72. The van der Waals surface area contributed by atoms with Gasteiger partial charge in [0.2, 0.25) is 5.91 Å². The van der Waals surface area contributed by atoms with E-state index >= 15 is 0 Å². The number of phenolic OH excluding ortho intramolecular Hbond substituents is 1. The van der Waals surface area contributed by atoms with Gasteiger partial charge in [0.15, 0.2) is 5.78 Å². The molecule has 0 aliphatic heterocycles. The molecule has 0 atom stereocenters. The van der Waals surface area contributed by atoms with Crippen LogP contribution < -0.4 is 5.32 Å². The molecule has 2 N–H and O–H groups in total. The summed E-state index contributed by atoms with van der Waals surface area (Å²) in [5, 5.41) is 11.9. The van der Waals surface area contributed by atoms with Crippen LogP contribution in [0.1, 0.15) is 22.3 Å². The van der Waals surface area contributed by atoms with Crippen LogP contribution in [0.15, 0.2) is 18.2 Å². The zero-order chi connectivity index (χ0) is 13.5. The number of hydrogen-bond donors (Lipinski definition) is 2. The van der Waals surface area contributed by atoms with E-state index < -0.39 is 0 Å². The van der Waals surface area contributed by atoms with Gasteiger partial charge in [-0.25, -0.2) is 0 Å². The standard InChI is InChI=1S/C13H17NO3S/c1-9-7-10(3-4-11(9)15)12(16)8-14-13(17)5-6-18-2/h3-4,7,15H,5-6,8H2,1-2H3,(H,14,17). The number of hydrogen-bond acceptors (Lipinski definition) is 4. The van der Waals surface area contributed by atoms with Crippen LogP contribution in [0.2, 0.25) is 0 Å². The summed E-state index contributed by atoms with van der Waals surface area (Å²) in [7, 11) is 0. The third kappa shape index (κ3) is 4.41. The Morgan fingerprint density at radius 3 is 2.72 bits per heavy atom. The number of phenols is 1. The molecule has 98 valence electrons. The summed E-state index contributed by atoms with van der Waals surface area (Å²) in [6, 6.07) is 4.66. The second-order valence-electron chi connectivity index (χ2n) is 3.94. The van der Waals surface area contributed by atoms with Crippen molar-refractivity contribution in [2.24, 2.45) is 0 Å². The molecular formula is C13H17NO3S. The molecule has 18 heavy (non-hydrogen) atoms. The van der Waals surface area contributed by atoms with E-state index in [-0.39, 0.29) is 24.0 Å². The second kappa shape index (κ2) is 7.06. The molecule has 1 amide bonds. The highest BCUT2D eigenvalue weighted by molar-refractivity contribution is 7.98. The van der Waals surface area contributed by atoms with E-state index in [9.17, 15) is 14.7 Å². The van der Waals surface area contributed by atoms with Crippen molar-refractivity contribution in [3.05, 3.63) is 29.3 Å². The van der Waals surface area contributed by atoms with Gasteiger partial charge in [-0.2, -0.15) is 11.8 Å². The van der Waals surface area contributed by atoms with Crippen molar-refractivity contribution in [3.8, 4) is 5.75 Å². The van der Waals surface area contributed by atoms with Gasteiger partial charge in [-0.3, -0.25) is 9.59 Å². The number of aryl methyl sites for hydroxylation is 1. The van der Waals surface area contributed by atoms with Gasteiger partial charge in [0.1, 0.15) is 5.75 Å². The quantitative estimate of drug-likeness (QED) is 0.771. The van der Waals surface area contributed by atoms with Gasteiger partial charge < -0.3 is 10.4 Å². The van der Waals surface area contributed by atoms with Crippen molar-refractivity contribution in [2.75, 3.05) is 18.6 Å². The number of nitrogens with one attached hydrogen (secondary N) is 1. The molecule has 0 spiro atoms. The monoisotopic (exact) mass is 267 g/mol. The molecule has 0 aromatic heterocycles. The highest BCUT2D eigenvalue weighted by atomic mass is 32.2. The minimum Gasteiger partial charge on any atom is -0.508 e. The van der Waals surface area contributed by atoms with Crippen LogP contribution in [0, 0.1) is 6.92 Å². The summed E-state index contributed by atoms with van der Waals surface area (Å²) >= 11 is 1.59. The van der Waals surface area contributed by atoms with Crippen molar-refractivity contribution in [1.29, 1.82) is 0 Å². The Hall–Kier alpha value is -1.49. The number of Topliss-reactive ketones (excluding diaryl/α,β-unsaturated/α-hetero) is 1. The van der Waals surface area contributed by atoms with Crippen LogP contribution in [0.3, 0.4) is 0 Å². The highest BCUT2D eigenvalue weighted by Gasteiger charge is 2.09. The maximum Gasteiger partial charge on any atom is 0.221 e. The minimum atomic E-state index is -0.157. The smallest absolute Gasteiger partial charge is 0.221 e. The normalized spacial score (nSPS) is 10.1. The number of rotatable bonds is 6. The van der Waals surface area contributed by atoms with E-state index in [1.165, 1.54) is 6.07 Å². The zero-order valence-corrected chi connectivity index (χ0v) is 11.3. The van der Waals surface area contributed by atoms with Gasteiger partial charge >= 0.3 is 0 Å². The van der Waals surface area contributed by atoms with Crippen molar-refractivity contribution in [1.82, 2.24) is 5.32 Å². The number of ketones is 1. The Labute approximate surface area is 111 Å². The van der Waals surface area contributed by atoms with E-state index in [0.717, 1.165) is 5.75 Å². The molecule has 0 aliphatic carbocycles. The lowest BCUT2D eigenvalue weighted by Gasteiger charge is -2.05. The second-order valence-corrected chi connectivity index (χ2v) is 4.93. The average Bonchev–Trinajstić information content (AvgIpc) is 2.36. The summed E-state index contributed by atoms with van der Waals surface area (Å²) in [5.74, 6) is 0.637. The molecule has 0 bridgehead atoms. The Morgan fingerprint density at radius 2 is 2.11 bits per heavy atom. The maximum absolute atomic E-state index is 11.8. The Morgan fingerprint density at radius 1 is 1.39 bits per heavy atom. The van der Waals surface area contributed by atoms with E-state index in [1.807, 2.05) is 6.26 Å². The van der Waals surface area contributed by atoms with Gasteiger partial charge in [0.05, 0.1) is 6.54 Å².